The van der Waals surface area contributed by atoms with E-state index in [0.717, 1.165) is 35.1 Å². The second-order valence-electron chi connectivity index (χ2n) is 9.46. The fraction of sp³-hybridized carbons (Fsp3) is 0.296. The van der Waals surface area contributed by atoms with Crippen LogP contribution in [-0.2, 0) is 11.2 Å². The van der Waals surface area contributed by atoms with Gasteiger partial charge in [-0.3, -0.25) is 4.79 Å². The molecule has 4 aromatic rings. The highest BCUT2D eigenvalue weighted by Gasteiger charge is 2.36. The van der Waals surface area contributed by atoms with Crippen molar-refractivity contribution < 1.29 is 18.8 Å². The lowest BCUT2D eigenvalue weighted by atomic mass is 9.80. The van der Waals surface area contributed by atoms with Crippen molar-refractivity contribution in [1.82, 2.24) is 15.5 Å². The Balaban J connectivity index is 1.21. The Hall–Kier alpha value is -3.36. The Morgan fingerprint density at radius 2 is 2.03 bits per heavy atom. The fourth-order valence-electron chi connectivity index (χ4n) is 5.19. The molecule has 2 aromatic carbocycles. The molecule has 0 amide bonds. The maximum absolute atomic E-state index is 15.0. The minimum absolute atomic E-state index is 0.162. The van der Waals surface area contributed by atoms with Crippen LogP contribution in [0.3, 0.4) is 0 Å². The van der Waals surface area contributed by atoms with Gasteiger partial charge in [0.2, 0.25) is 5.82 Å². The third-order valence-corrected chi connectivity index (χ3v) is 7.89. The van der Waals surface area contributed by atoms with Crippen molar-refractivity contribution in [1.29, 1.82) is 0 Å². The number of carboxylic acid groups (broad SMARTS) is 1. The van der Waals surface area contributed by atoms with E-state index < -0.39 is 11.8 Å². The lowest BCUT2D eigenvalue weighted by Crippen LogP contribution is -2.45. The molecule has 1 atom stereocenters. The van der Waals surface area contributed by atoms with Crippen molar-refractivity contribution in [3.63, 3.8) is 0 Å². The first-order valence-electron chi connectivity index (χ1n) is 11.7. The number of aryl methyl sites for hydroxylation is 2. The summed E-state index contributed by atoms with van der Waals surface area (Å²) in [5, 5.41) is 20.8. The number of thiophene rings is 1. The van der Waals surface area contributed by atoms with Crippen LogP contribution in [0.4, 0.5) is 4.39 Å². The van der Waals surface area contributed by atoms with Gasteiger partial charge in [-0.05, 0) is 95.4 Å². The minimum Gasteiger partial charge on any atom is -0.481 e. The van der Waals surface area contributed by atoms with E-state index in [-0.39, 0.29) is 23.9 Å². The number of carboxylic acids is 1. The zero-order valence-corrected chi connectivity index (χ0v) is 19.9. The number of fused-ring (bicyclic) bond motifs is 1. The molecule has 2 aromatic heterocycles. The van der Waals surface area contributed by atoms with E-state index in [9.17, 15) is 9.18 Å². The quantitative estimate of drug-likeness (QED) is 0.344. The average Bonchev–Trinajstić information content (AvgIpc) is 3.57. The van der Waals surface area contributed by atoms with Crippen LogP contribution in [0.5, 0.6) is 0 Å². The predicted octanol–water partition coefficient (Wildman–Crippen LogP) is 6.02. The van der Waals surface area contributed by atoms with Gasteiger partial charge in [-0.1, -0.05) is 17.3 Å². The molecular weight excluding hydrogens is 465 g/mol. The molecule has 0 saturated heterocycles. The Bertz CT molecular complexity index is 1410. The van der Waals surface area contributed by atoms with Gasteiger partial charge in [-0.25, -0.2) is 4.39 Å². The van der Waals surface area contributed by atoms with Crippen molar-refractivity contribution in [2.24, 2.45) is 5.92 Å². The summed E-state index contributed by atoms with van der Waals surface area (Å²) < 4.78 is 20.4. The third-order valence-electron chi connectivity index (χ3n) is 7.21. The number of hydrogen-bond donors (Lipinski definition) is 2. The van der Waals surface area contributed by atoms with Crippen LogP contribution in [0.25, 0.3) is 34.0 Å². The SMILES string of the molecule is Cc1cc(-c2nc(-c3ccc4c(c3)CCC4NC3CC(C(=O)O)C3)no2)c(F)cc1-c1ccsc1. The molecule has 0 radical (unpaired) electrons. The van der Waals surface area contributed by atoms with Gasteiger partial charge in [-0.15, -0.1) is 0 Å². The van der Waals surface area contributed by atoms with Gasteiger partial charge >= 0.3 is 5.97 Å². The van der Waals surface area contributed by atoms with Gasteiger partial charge < -0.3 is 14.9 Å². The number of halogens is 1. The van der Waals surface area contributed by atoms with E-state index in [0.29, 0.717) is 24.2 Å². The number of rotatable bonds is 6. The van der Waals surface area contributed by atoms with Crippen LogP contribution >= 0.6 is 11.3 Å². The molecule has 6 rings (SSSR count). The number of hydrogen-bond acceptors (Lipinski definition) is 6. The Morgan fingerprint density at radius 3 is 2.80 bits per heavy atom. The van der Waals surface area contributed by atoms with Crippen LogP contribution in [0.2, 0.25) is 0 Å². The second kappa shape index (κ2) is 8.70. The highest BCUT2D eigenvalue weighted by atomic mass is 32.1. The first-order valence-corrected chi connectivity index (χ1v) is 12.7. The average molecular weight is 490 g/mol. The topological polar surface area (TPSA) is 88.2 Å². The van der Waals surface area contributed by atoms with Crippen LogP contribution < -0.4 is 5.32 Å². The molecule has 1 unspecified atom stereocenters. The maximum Gasteiger partial charge on any atom is 0.306 e. The van der Waals surface area contributed by atoms with Crippen molar-refractivity contribution in [2.75, 3.05) is 0 Å². The molecule has 1 saturated carbocycles. The summed E-state index contributed by atoms with van der Waals surface area (Å²) >= 11 is 1.58. The first kappa shape index (κ1) is 22.1. The molecule has 2 aliphatic rings. The number of nitrogens with zero attached hydrogens (tertiary/aromatic N) is 2. The normalized spacial score (nSPS) is 21.0. The van der Waals surface area contributed by atoms with Crippen molar-refractivity contribution >= 4 is 17.3 Å². The monoisotopic (exact) mass is 489 g/mol. The Labute approximate surface area is 205 Å². The van der Waals surface area contributed by atoms with Gasteiger partial charge in [0.1, 0.15) is 5.82 Å². The van der Waals surface area contributed by atoms with Crippen molar-refractivity contribution in [3.05, 3.63) is 69.7 Å². The molecule has 0 aliphatic heterocycles. The molecule has 8 heteroatoms. The summed E-state index contributed by atoms with van der Waals surface area (Å²) in [5.41, 5.74) is 6.39. The summed E-state index contributed by atoms with van der Waals surface area (Å²) in [6.07, 6.45) is 3.29. The summed E-state index contributed by atoms with van der Waals surface area (Å²) in [5.74, 6) is -0.718. The van der Waals surface area contributed by atoms with E-state index in [1.165, 1.54) is 17.2 Å². The summed E-state index contributed by atoms with van der Waals surface area (Å²) in [4.78, 5) is 15.6. The van der Waals surface area contributed by atoms with Crippen LogP contribution in [0.1, 0.15) is 42.0 Å². The molecule has 178 valence electrons. The van der Waals surface area contributed by atoms with E-state index >= 15 is 0 Å². The van der Waals surface area contributed by atoms with Gasteiger partial charge in [0.05, 0.1) is 11.5 Å². The van der Waals surface area contributed by atoms with Crippen LogP contribution in [0, 0.1) is 18.7 Å². The highest BCUT2D eigenvalue weighted by Crippen LogP contribution is 2.38. The lowest BCUT2D eigenvalue weighted by Gasteiger charge is -2.35. The van der Waals surface area contributed by atoms with E-state index in [2.05, 4.69) is 27.6 Å². The maximum atomic E-state index is 15.0. The Morgan fingerprint density at radius 1 is 1.17 bits per heavy atom. The van der Waals surface area contributed by atoms with Gasteiger partial charge in [0, 0.05) is 17.6 Å². The zero-order valence-electron chi connectivity index (χ0n) is 19.1. The van der Waals surface area contributed by atoms with Crippen molar-refractivity contribution in [2.45, 2.75) is 44.7 Å². The summed E-state index contributed by atoms with van der Waals surface area (Å²) in [7, 11) is 0. The van der Waals surface area contributed by atoms with E-state index in [4.69, 9.17) is 9.63 Å². The molecular formula is C27H24FN3O3S. The lowest BCUT2D eigenvalue weighted by molar-refractivity contribution is -0.145. The molecule has 1 fully saturated rings. The van der Waals surface area contributed by atoms with Crippen molar-refractivity contribution in [3.8, 4) is 34.0 Å². The standard InChI is InChI=1S/C27H24FN3O3S/c1-14-8-22(23(28)12-21(14)17-6-7-35-13-17)26-30-25(31-34-26)16-2-4-20-15(9-16)3-5-24(20)29-19-10-18(11-19)27(32)33/h2,4,6-9,12-13,18-19,24,29H,3,5,10-11H2,1H3,(H,32,33). The fourth-order valence-corrected chi connectivity index (χ4v) is 5.85. The van der Waals surface area contributed by atoms with Crippen LogP contribution in [0.15, 0.2) is 51.7 Å². The number of benzene rings is 2. The smallest absolute Gasteiger partial charge is 0.306 e. The van der Waals surface area contributed by atoms with Gasteiger partial charge in [0.15, 0.2) is 0 Å². The number of carbonyl (C=O) groups is 1. The van der Waals surface area contributed by atoms with Gasteiger partial charge in [0.25, 0.3) is 5.89 Å². The largest absolute Gasteiger partial charge is 0.481 e. The third kappa shape index (κ3) is 4.06. The predicted molar refractivity (Wildman–Crippen MR) is 132 cm³/mol. The molecule has 6 nitrogen and oxygen atoms in total. The second-order valence-corrected chi connectivity index (χ2v) is 10.2. The number of aliphatic carboxylic acids is 1. The first-order chi connectivity index (χ1) is 17.0. The molecule has 35 heavy (non-hydrogen) atoms. The molecule has 0 bridgehead atoms. The summed E-state index contributed by atoms with van der Waals surface area (Å²) in [6.45, 7) is 1.95. The number of nitrogens with one attached hydrogen (secondary N) is 1. The molecule has 2 N–H and O–H groups in total. The molecule has 2 heterocycles. The Kier molecular flexibility index (Phi) is 5.50. The van der Waals surface area contributed by atoms with E-state index in [1.807, 2.05) is 29.8 Å². The van der Waals surface area contributed by atoms with Crippen LogP contribution in [-0.4, -0.2) is 27.3 Å². The summed E-state index contributed by atoms with van der Waals surface area (Å²) in [6, 6.07) is 11.9. The molecule has 0 spiro atoms. The number of aromatic nitrogens is 2. The highest BCUT2D eigenvalue weighted by molar-refractivity contribution is 7.08. The van der Waals surface area contributed by atoms with Gasteiger partial charge in [-0.2, -0.15) is 16.3 Å². The zero-order chi connectivity index (χ0) is 24.1. The molecule has 2 aliphatic carbocycles. The minimum atomic E-state index is -0.701. The van der Waals surface area contributed by atoms with E-state index in [1.54, 1.807) is 17.4 Å².